The zero-order valence-corrected chi connectivity index (χ0v) is 13.1. The van der Waals surface area contributed by atoms with Gasteiger partial charge in [-0.1, -0.05) is 29.3 Å². The van der Waals surface area contributed by atoms with E-state index in [0.29, 0.717) is 5.52 Å². The Morgan fingerprint density at radius 1 is 1.09 bits per heavy atom. The molecule has 0 bridgehead atoms. The van der Waals surface area contributed by atoms with E-state index >= 15 is 0 Å². The number of oxazole rings is 1. The van der Waals surface area contributed by atoms with Gasteiger partial charge in [-0.3, -0.25) is 9.71 Å². The number of aromatic amines is 1. The summed E-state index contributed by atoms with van der Waals surface area (Å²) in [7, 11) is -3.90. The molecule has 0 radical (unpaired) electrons. The predicted octanol–water partition coefficient (Wildman–Crippen LogP) is 3.23. The van der Waals surface area contributed by atoms with Gasteiger partial charge >= 0.3 is 5.76 Å². The lowest BCUT2D eigenvalue weighted by molar-refractivity contribution is 0.556. The van der Waals surface area contributed by atoms with Gasteiger partial charge in [0.15, 0.2) is 5.58 Å². The zero-order chi connectivity index (χ0) is 15.9. The highest BCUT2D eigenvalue weighted by molar-refractivity contribution is 7.92. The standard InChI is InChI=1S/C13H8Cl2N2O4S/c14-8-5-4-7(6-9(8)15)22(19,20)17-11-3-1-2-10-12(11)21-13(18)16-10/h1-6,17H,(H,16,18). The van der Waals surface area contributed by atoms with Crippen LogP contribution in [0.5, 0.6) is 0 Å². The Balaban J connectivity index is 2.06. The number of hydrogen-bond acceptors (Lipinski definition) is 4. The Bertz CT molecular complexity index is 1020. The normalized spacial score (nSPS) is 11.7. The Labute approximate surface area is 134 Å². The van der Waals surface area contributed by atoms with E-state index in [-0.39, 0.29) is 26.2 Å². The molecule has 0 aliphatic rings. The lowest BCUT2D eigenvalue weighted by Gasteiger charge is -2.08. The first kappa shape index (κ1) is 15.0. The molecule has 9 heteroatoms. The van der Waals surface area contributed by atoms with Gasteiger partial charge in [0.25, 0.3) is 10.0 Å². The largest absolute Gasteiger partial charge is 0.417 e. The molecule has 2 N–H and O–H groups in total. The SMILES string of the molecule is O=c1[nH]c2cccc(NS(=O)(=O)c3ccc(Cl)c(Cl)c3)c2o1. The minimum Gasteiger partial charge on any atom is -0.406 e. The van der Waals surface area contributed by atoms with Gasteiger partial charge in [-0.2, -0.15) is 0 Å². The lowest BCUT2D eigenvalue weighted by atomic mass is 10.3. The molecule has 114 valence electrons. The van der Waals surface area contributed by atoms with Crippen LogP contribution in [0.25, 0.3) is 11.1 Å². The van der Waals surface area contributed by atoms with E-state index in [9.17, 15) is 13.2 Å². The molecular weight excluding hydrogens is 351 g/mol. The number of para-hydroxylation sites is 1. The van der Waals surface area contributed by atoms with Crippen LogP contribution in [0.4, 0.5) is 5.69 Å². The van der Waals surface area contributed by atoms with Crippen LogP contribution in [0, 0.1) is 0 Å². The average Bonchev–Trinajstić information content (AvgIpc) is 2.83. The van der Waals surface area contributed by atoms with E-state index in [0.717, 1.165) is 0 Å². The fourth-order valence-electron chi connectivity index (χ4n) is 1.90. The number of sulfonamides is 1. The van der Waals surface area contributed by atoms with Crippen molar-refractivity contribution >= 4 is 50.0 Å². The number of halogens is 2. The first-order chi connectivity index (χ1) is 10.4. The molecule has 6 nitrogen and oxygen atoms in total. The highest BCUT2D eigenvalue weighted by atomic mass is 35.5. The van der Waals surface area contributed by atoms with Gasteiger partial charge in [-0.05, 0) is 30.3 Å². The van der Waals surface area contributed by atoms with Crippen LogP contribution in [0.1, 0.15) is 0 Å². The van der Waals surface area contributed by atoms with Gasteiger partial charge in [0.1, 0.15) is 0 Å². The smallest absolute Gasteiger partial charge is 0.406 e. The van der Waals surface area contributed by atoms with Crippen LogP contribution < -0.4 is 10.5 Å². The first-order valence-corrected chi connectivity index (χ1v) is 8.20. The molecule has 0 aliphatic carbocycles. The van der Waals surface area contributed by atoms with Crippen molar-refractivity contribution in [3.05, 3.63) is 57.0 Å². The number of aromatic nitrogens is 1. The highest BCUT2D eigenvalue weighted by Crippen LogP contribution is 2.27. The summed E-state index contributed by atoms with van der Waals surface area (Å²) < 4.78 is 32.0. The van der Waals surface area contributed by atoms with Crippen molar-refractivity contribution in [2.24, 2.45) is 0 Å². The van der Waals surface area contributed by atoms with Crippen LogP contribution >= 0.6 is 23.2 Å². The monoisotopic (exact) mass is 358 g/mol. The van der Waals surface area contributed by atoms with E-state index < -0.39 is 15.8 Å². The van der Waals surface area contributed by atoms with Gasteiger partial charge < -0.3 is 4.42 Å². The minimum atomic E-state index is -3.90. The predicted molar refractivity (Wildman–Crippen MR) is 84.1 cm³/mol. The summed E-state index contributed by atoms with van der Waals surface area (Å²) in [4.78, 5) is 13.6. The Morgan fingerprint density at radius 3 is 2.59 bits per heavy atom. The number of hydrogen-bond donors (Lipinski definition) is 2. The van der Waals surface area contributed by atoms with Crippen LogP contribution in [0.3, 0.4) is 0 Å². The molecule has 2 aromatic carbocycles. The number of rotatable bonds is 3. The number of benzene rings is 2. The fourth-order valence-corrected chi connectivity index (χ4v) is 3.35. The second-order valence-electron chi connectivity index (χ2n) is 4.38. The summed E-state index contributed by atoms with van der Waals surface area (Å²) >= 11 is 11.6. The lowest BCUT2D eigenvalue weighted by Crippen LogP contribution is -2.13. The second kappa shape index (κ2) is 5.35. The molecular formula is C13H8Cl2N2O4S. The molecule has 0 atom stereocenters. The van der Waals surface area contributed by atoms with Crippen molar-refractivity contribution in [2.75, 3.05) is 4.72 Å². The summed E-state index contributed by atoms with van der Waals surface area (Å²) in [6.07, 6.45) is 0. The molecule has 0 aliphatic heterocycles. The molecule has 22 heavy (non-hydrogen) atoms. The quantitative estimate of drug-likeness (QED) is 0.751. The van der Waals surface area contributed by atoms with Crippen LogP contribution in [-0.4, -0.2) is 13.4 Å². The maximum Gasteiger partial charge on any atom is 0.417 e. The molecule has 0 amide bonds. The summed E-state index contributed by atoms with van der Waals surface area (Å²) in [6, 6.07) is 8.60. The number of H-pyrrole nitrogens is 1. The second-order valence-corrected chi connectivity index (χ2v) is 6.87. The van der Waals surface area contributed by atoms with E-state index in [1.165, 1.54) is 24.3 Å². The Morgan fingerprint density at radius 2 is 1.86 bits per heavy atom. The summed E-state index contributed by atoms with van der Waals surface area (Å²) in [5.74, 6) is -0.670. The number of anilines is 1. The maximum atomic E-state index is 12.4. The zero-order valence-electron chi connectivity index (χ0n) is 10.8. The maximum absolute atomic E-state index is 12.4. The van der Waals surface area contributed by atoms with Gasteiger partial charge in [-0.15, -0.1) is 0 Å². The number of fused-ring (bicyclic) bond motifs is 1. The molecule has 1 aromatic heterocycles. The summed E-state index contributed by atoms with van der Waals surface area (Å²) in [5.41, 5.74) is 0.650. The fraction of sp³-hybridized carbons (Fsp3) is 0. The van der Waals surface area contributed by atoms with E-state index in [4.69, 9.17) is 27.6 Å². The summed E-state index contributed by atoms with van der Waals surface area (Å²) in [6.45, 7) is 0. The topological polar surface area (TPSA) is 92.2 Å². The van der Waals surface area contributed by atoms with Crippen molar-refractivity contribution in [1.29, 1.82) is 0 Å². The van der Waals surface area contributed by atoms with Crippen molar-refractivity contribution in [2.45, 2.75) is 4.90 Å². The van der Waals surface area contributed by atoms with Crippen LogP contribution in [-0.2, 0) is 10.0 Å². The Kier molecular flexibility index (Phi) is 3.64. The molecule has 0 saturated heterocycles. The molecule has 0 spiro atoms. The third kappa shape index (κ3) is 2.70. The number of nitrogens with one attached hydrogen (secondary N) is 2. The van der Waals surface area contributed by atoms with E-state index in [2.05, 4.69) is 9.71 Å². The molecule has 3 rings (SSSR count). The van der Waals surface area contributed by atoms with E-state index in [1.807, 2.05) is 0 Å². The summed E-state index contributed by atoms with van der Waals surface area (Å²) in [5, 5.41) is 0.371. The van der Waals surface area contributed by atoms with Crippen LogP contribution in [0.15, 0.2) is 50.5 Å². The molecule has 3 aromatic rings. The third-order valence-electron chi connectivity index (χ3n) is 2.89. The van der Waals surface area contributed by atoms with Crippen molar-refractivity contribution in [1.82, 2.24) is 4.98 Å². The third-order valence-corrected chi connectivity index (χ3v) is 4.99. The molecule has 0 saturated carbocycles. The molecule has 0 fully saturated rings. The van der Waals surface area contributed by atoms with Crippen molar-refractivity contribution < 1.29 is 12.8 Å². The van der Waals surface area contributed by atoms with Gasteiger partial charge in [0, 0.05) is 0 Å². The molecule has 0 unspecified atom stereocenters. The Hall–Kier alpha value is -1.96. The minimum absolute atomic E-state index is 0.0585. The van der Waals surface area contributed by atoms with Gasteiger partial charge in [0.05, 0.1) is 26.1 Å². The average molecular weight is 359 g/mol. The van der Waals surface area contributed by atoms with Crippen molar-refractivity contribution in [3.63, 3.8) is 0 Å². The van der Waals surface area contributed by atoms with E-state index in [1.54, 1.807) is 12.1 Å². The van der Waals surface area contributed by atoms with Crippen LogP contribution in [0.2, 0.25) is 10.0 Å². The first-order valence-electron chi connectivity index (χ1n) is 5.96. The van der Waals surface area contributed by atoms with Gasteiger partial charge in [0.2, 0.25) is 0 Å². The van der Waals surface area contributed by atoms with Crippen molar-refractivity contribution in [3.8, 4) is 0 Å². The highest BCUT2D eigenvalue weighted by Gasteiger charge is 2.18. The van der Waals surface area contributed by atoms with Gasteiger partial charge in [-0.25, -0.2) is 13.2 Å². The molecule has 1 heterocycles.